The molecule has 1 unspecified atom stereocenters. The highest BCUT2D eigenvalue weighted by atomic mass is 32.2. The van der Waals surface area contributed by atoms with Crippen LogP contribution in [0.3, 0.4) is 0 Å². The summed E-state index contributed by atoms with van der Waals surface area (Å²) >= 11 is 1.59. The molecular weight excluding hydrogens is 182 g/mol. The average Bonchev–Trinajstić information content (AvgIpc) is 2.52. The maximum atomic E-state index is 5.72. The quantitative estimate of drug-likeness (QED) is 0.728. The summed E-state index contributed by atoms with van der Waals surface area (Å²) in [5, 5.41) is 1.08. The zero-order valence-corrected chi connectivity index (χ0v) is 8.21. The van der Waals surface area contributed by atoms with Crippen LogP contribution >= 0.6 is 11.8 Å². The van der Waals surface area contributed by atoms with Crippen LogP contribution < -0.4 is 5.73 Å². The number of nitrogens with two attached hydrogens (primary N) is 1. The number of aryl methyl sites for hydroxylation is 1. The first-order chi connectivity index (χ1) is 6.25. The first kappa shape index (κ1) is 8.72. The summed E-state index contributed by atoms with van der Waals surface area (Å²) in [6, 6.07) is 5.94. The minimum absolute atomic E-state index is 0.109. The summed E-state index contributed by atoms with van der Waals surface area (Å²) in [5.41, 5.74) is 7.68. The second-order valence-corrected chi connectivity index (χ2v) is 4.19. The molecule has 0 fully saturated rings. The van der Waals surface area contributed by atoms with Gasteiger partial charge in [-0.1, -0.05) is 17.8 Å². The highest BCUT2D eigenvalue weighted by molar-refractivity contribution is 8.15. The number of hydrogen-bond donors (Lipinski definition) is 1. The van der Waals surface area contributed by atoms with Crippen molar-refractivity contribution in [1.82, 2.24) is 4.98 Å². The number of rotatable bonds is 1. The van der Waals surface area contributed by atoms with E-state index < -0.39 is 0 Å². The number of aliphatic imine (C=N–C) groups is 1. The largest absolute Gasteiger partial charge is 0.317 e. The molecule has 0 radical (unpaired) electrons. The van der Waals surface area contributed by atoms with Gasteiger partial charge in [-0.2, -0.15) is 0 Å². The van der Waals surface area contributed by atoms with Gasteiger partial charge >= 0.3 is 0 Å². The Hall–Kier alpha value is -0.870. The van der Waals surface area contributed by atoms with Crippen molar-refractivity contribution in [3.05, 3.63) is 29.6 Å². The molecule has 0 spiro atoms. The molecule has 0 aliphatic carbocycles. The summed E-state index contributed by atoms with van der Waals surface area (Å²) < 4.78 is 0. The Balaban J connectivity index is 2.26. The molecule has 0 saturated heterocycles. The van der Waals surface area contributed by atoms with Gasteiger partial charge in [0, 0.05) is 5.69 Å². The monoisotopic (exact) mass is 193 g/mol. The van der Waals surface area contributed by atoms with E-state index in [4.69, 9.17) is 5.73 Å². The van der Waals surface area contributed by atoms with Gasteiger partial charge in [-0.3, -0.25) is 9.98 Å². The van der Waals surface area contributed by atoms with Crippen LogP contribution in [0.2, 0.25) is 0 Å². The topological polar surface area (TPSA) is 51.3 Å². The van der Waals surface area contributed by atoms with E-state index in [0.717, 1.165) is 16.4 Å². The van der Waals surface area contributed by atoms with Crippen LogP contribution in [0.25, 0.3) is 0 Å². The first-order valence-electron chi connectivity index (χ1n) is 4.16. The van der Waals surface area contributed by atoms with Crippen molar-refractivity contribution in [3.63, 3.8) is 0 Å². The summed E-state index contributed by atoms with van der Waals surface area (Å²) in [6.45, 7) is 2.68. The van der Waals surface area contributed by atoms with E-state index in [1.807, 2.05) is 25.1 Å². The maximum absolute atomic E-state index is 5.72. The molecule has 1 aromatic heterocycles. The molecule has 1 atom stereocenters. The molecule has 0 saturated carbocycles. The molecule has 68 valence electrons. The van der Waals surface area contributed by atoms with Gasteiger partial charge in [0.2, 0.25) is 0 Å². The molecule has 0 aromatic carbocycles. The third-order valence-electron chi connectivity index (χ3n) is 1.79. The Labute approximate surface area is 81.5 Å². The third-order valence-corrected chi connectivity index (χ3v) is 2.80. The molecule has 0 amide bonds. The molecule has 13 heavy (non-hydrogen) atoms. The Morgan fingerprint density at radius 3 is 3.00 bits per heavy atom. The van der Waals surface area contributed by atoms with Crippen LogP contribution in [-0.4, -0.2) is 21.9 Å². The lowest BCUT2D eigenvalue weighted by atomic mass is 10.3. The number of pyridine rings is 1. The molecule has 3 nitrogen and oxygen atoms in total. The minimum Gasteiger partial charge on any atom is -0.317 e. The van der Waals surface area contributed by atoms with Gasteiger partial charge in [0.05, 0.1) is 17.6 Å². The summed E-state index contributed by atoms with van der Waals surface area (Å²) in [7, 11) is 0. The number of thioether (sulfide) groups is 1. The van der Waals surface area contributed by atoms with Crippen molar-refractivity contribution in [2.24, 2.45) is 10.7 Å². The molecule has 2 N–H and O–H groups in total. The molecule has 1 aromatic rings. The number of nitrogens with zero attached hydrogens (tertiary/aromatic N) is 2. The molecular formula is C9H11N3S. The van der Waals surface area contributed by atoms with E-state index in [9.17, 15) is 0 Å². The fourth-order valence-corrected chi connectivity index (χ4v) is 2.01. The highest BCUT2D eigenvalue weighted by Crippen LogP contribution is 2.21. The van der Waals surface area contributed by atoms with Crippen molar-refractivity contribution < 1.29 is 0 Å². The van der Waals surface area contributed by atoms with Crippen LogP contribution in [0.5, 0.6) is 0 Å². The fraction of sp³-hybridized carbons (Fsp3) is 0.333. The van der Waals surface area contributed by atoms with Gasteiger partial charge in [0.15, 0.2) is 0 Å². The predicted octanol–water partition coefficient (Wildman–Crippen LogP) is 1.17. The van der Waals surface area contributed by atoms with Gasteiger partial charge < -0.3 is 5.73 Å². The summed E-state index contributed by atoms with van der Waals surface area (Å²) in [5.74, 6) is 0. The Morgan fingerprint density at radius 1 is 1.54 bits per heavy atom. The third kappa shape index (κ3) is 1.89. The molecule has 1 aliphatic heterocycles. The van der Waals surface area contributed by atoms with Gasteiger partial charge in [-0.25, -0.2) is 0 Å². The fourth-order valence-electron chi connectivity index (χ4n) is 1.19. The van der Waals surface area contributed by atoms with Crippen LogP contribution in [0, 0.1) is 6.92 Å². The molecule has 1 aliphatic rings. The van der Waals surface area contributed by atoms with E-state index in [1.165, 1.54) is 0 Å². The smallest absolute Gasteiger partial charge is 0.118 e. The van der Waals surface area contributed by atoms with Gasteiger partial charge in [0.1, 0.15) is 5.04 Å². The normalized spacial score (nSPS) is 21.7. The van der Waals surface area contributed by atoms with E-state index in [1.54, 1.807) is 11.8 Å². The Bertz CT molecular complexity index is 348. The lowest BCUT2D eigenvalue weighted by Gasteiger charge is -2.01. The molecule has 2 rings (SSSR count). The Morgan fingerprint density at radius 2 is 2.38 bits per heavy atom. The average molecular weight is 193 g/mol. The van der Waals surface area contributed by atoms with Crippen molar-refractivity contribution >= 4 is 16.8 Å². The van der Waals surface area contributed by atoms with Crippen molar-refractivity contribution in [2.75, 3.05) is 6.54 Å². The number of hydrogen-bond acceptors (Lipinski definition) is 4. The zero-order chi connectivity index (χ0) is 9.26. The predicted molar refractivity (Wildman–Crippen MR) is 55.9 cm³/mol. The van der Waals surface area contributed by atoms with Crippen LogP contribution in [0.4, 0.5) is 0 Å². The minimum atomic E-state index is 0.109. The molecule has 0 bridgehead atoms. The van der Waals surface area contributed by atoms with Crippen molar-refractivity contribution in [2.45, 2.75) is 12.3 Å². The SMILES string of the molecule is Cc1cccc(C2=NCC(N)S2)n1. The zero-order valence-electron chi connectivity index (χ0n) is 7.40. The highest BCUT2D eigenvalue weighted by Gasteiger charge is 2.17. The number of aromatic nitrogens is 1. The van der Waals surface area contributed by atoms with Crippen molar-refractivity contribution in [1.29, 1.82) is 0 Å². The van der Waals surface area contributed by atoms with Gasteiger partial charge in [-0.05, 0) is 19.1 Å². The lowest BCUT2D eigenvalue weighted by molar-refractivity contribution is 0.934. The van der Waals surface area contributed by atoms with E-state index >= 15 is 0 Å². The second kappa shape index (κ2) is 3.47. The maximum Gasteiger partial charge on any atom is 0.118 e. The van der Waals surface area contributed by atoms with E-state index in [-0.39, 0.29) is 5.37 Å². The van der Waals surface area contributed by atoms with Crippen LogP contribution in [0.1, 0.15) is 11.4 Å². The van der Waals surface area contributed by atoms with Gasteiger partial charge in [0.25, 0.3) is 0 Å². The van der Waals surface area contributed by atoms with Crippen LogP contribution in [0.15, 0.2) is 23.2 Å². The summed E-state index contributed by atoms with van der Waals surface area (Å²) in [6.07, 6.45) is 0. The lowest BCUT2D eigenvalue weighted by Crippen LogP contribution is -2.15. The molecule has 4 heteroatoms. The Kier molecular flexibility index (Phi) is 2.33. The standard InChI is InChI=1S/C9H11N3S/c1-6-3-2-4-7(12-6)9-11-5-8(10)13-9/h2-4,8H,5,10H2,1H3. The summed E-state index contributed by atoms with van der Waals surface area (Å²) in [4.78, 5) is 8.70. The van der Waals surface area contributed by atoms with E-state index in [0.29, 0.717) is 6.54 Å². The van der Waals surface area contributed by atoms with E-state index in [2.05, 4.69) is 9.98 Å². The van der Waals surface area contributed by atoms with Crippen LogP contribution in [-0.2, 0) is 0 Å². The van der Waals surface area contributed by atoms with Crippen molar-refractivity contribution in [3.8, 4) is 0 Å². The molecule has 2 heterocycles. The van der Waals surface area contributed by atoms with Gasteiger partial charge in [-0.15, -0.1) is 0 Å². The second-order valence-electron chi connectivity index (χ2n) is 2.97. The first-order valence-corrected chi connectivity index (χ1v) is 5.04.